The highest BCUT2D eigenvalue weighted by Gasteiger charge is 2.32. The lowest BCUT2D eigenvalue weighted by Gasteiger charge is -2.16. The highest BCUT2D eigenvalue weighted by atomic mass is 32.1. The third-order valence-electron chi connectivity index (χ3n) is 4.26. The second-order valence-electron chi connectivity index (χ2n) is 6.42. The zero-order valence-electron chi connectivity index (χ0n) is 13.3. The minimum absolute atomic E-state index is 0.0266. The van der Waals surface area contributed by atoms with Crippen molar-refractivity contribution in [2.24, 2.45) is 13.0 Å². The Morgan fingerprint density at radius 1 is 1.55 bits per heavy atom. The molecule has 1 aliphatic carbocycles. The van der Waals surface area contributed by atoms with Gasteiger partial charge in [-0.25, -0.2) is 0 Å². The van der Waals surface area contributed by atoms with Gasteiger partial charge in [0.25, 0.3) is 5.91 Å². The number of fused-ring (bicyclic) bond motifs is 1. The van der Waals surface area contributed by atoms with Gasteiger partial charge in [-0.2, -0.15) is 5.10 Å². The molecule has 1 aliphatic rings. The number of rotatable bonds is 6. The Hall–Kier alpha value is -1.40. The average molecular weight is 321 g/mol. The Morgan fingerprint density at radius 2 is 2.27 bits per heavy atom. The van der Waals surface area contributed by atoms with Gasteiger partial charge in [0.15, 0.2) is 0 Å². The molecule has 120 valence electrons. The van der Waals surface area contributed by atoms with Crippen LogP contribution in [0.2, 0.25) is 0 Å². The fraction of sp³-hybridized carbons (Fsp3) is 0.625. The first-order valence-corrected chi connectivity index (χ1v) is 8.71. The first-order chi connectivity index (χ1) is 10.5. The van der Waals surface area contributed by atoms with Gasteiger partial charge in [0.05, 0.1) is 10.6 Å². The Bertz CT molecular complexity index is 685. The third-order valence-corrected chi connectivity index (χ3v) is 5.46. The maximum Gasteiger partial charge on any atom is 0.261 e. The van der Waals surface area contributed by atoms with E-state index in [9.17, 15) is 4.79 Å². The standard InChI is InChI=1S/C16H23N3O2S/c1-9(2)14-11-8-13(22-16(11)19(3)18-14)15(21)17-12(6-7-20)10-4-5-10/h8-10,12,20H,4-7H2,1-3H3,(H,17,21). The summed E-state index contributed by atoms with van der Waals surface area (Å²) in [5, 5.41) is 17.9. The van der Waals surface area contributed by atoms with Crippen molar-refractivity contribution in [1.29, 1.82) is 0 Å². The van der Waals surface area contributed by atoms with E-state index in [2.05, 4.69) is 24.3 Å². The van der Waals surface area contributed by atoms with Crippen LogP contribution in [0.1, 0.15) is 54.4 Å². The van der Waals surface area contributed by atoms with Crippen molar-refractivity contribution in [1.82, 2.24) is 15.1 Å². The summed E-state index contributed by atoms with van der Waals surface area (Å²) >= 11 is 1.49. The summed E-state index contributed by atoms with van der Waals surface area (Å²) in [6.45, 7) is 4.35. The molecule has 1 atom stereocenters. The number of nitrogens with zero attached hydrogens (tertiary/aromatic N) is 2. The molecule has 5 nitrogen and oxygen atoms in total. The zero-order chi connectivity index (χ0) is 15.9. The molecule has 1 unspecified atom stereocenters. The number of carbonyl (C=O) groups excluding carboxylic acids is 1. The molecule has 2 aromatic rings. The second-order valence-corrected chi connectivity index (χ2v) is 7.45. The molecular weight excluding hydrogens is 298 g/mol. The number of aliphatic hydroxyl groups is 1. The minimum atomic E-state index is -0.0266. The van der Waals surface area contributed by atoms with E-state index < -0.39 is 0 Å². The van der Waals surface area contributed by atoms with E-state index in [1.54, 1.807) is 0 Å². The summed E-state index contributed by atoms with van der Waals surface area (Å²) in [6.07, 6.45) is 2.94. The van der Waals surface area contributed by atoms with Gasteiger partial charge < -0.3 is 10.4 Å². The molecule has 0 aliphatic heterocycles. The number of carbonyl (C=O) groups is 1. The van der Waals surface area contributed by atoms with E-state index in [1.807, 2.05) is 17.8 Å². The summed E-state index contributed by atoms with van der Waals surface area (Å²) in [6, 6.07) is 2.06. The second kappa shape index (κ2) is 6.01. The molecule has 0 saturated heterocycles. The normalized spacial score (nSPS) is 16.4. The van der Waals surface area contributed by atoms with E-state index >= 15 is 0 Å². The topological polar surface area (TPSA) is 67.2 Å². The molecule has 0 radical (unpaired) electrons. The van der Waals surface area contributed by atoms with Crippen molar-refractivity contribution in [3.05, 3.63) is 16.6 Å². The van der Waals surface area contributed by atoms with E-state index in [4.69, 9.17) is 5.11 Å². The van der Waals surface area contributed by atoms with E-state index in [1.165, 1.54) is 11.3 Å². The van der Waals surface area contributed by atoms with Gasteiger partial charge in [-0.05, 0) is 37.2 Å². The summed E-state index contributed by atoms with van der Waals surface area (Å²) < 4.78 is 1.86. The number of aryl methyl sites for hydroxylation is 1. The van der Waals surface area contributed by atoms with Crippen LogP contribution in [0.15, 0.2) is 6.07 Å². The molecule has 0 bridgehead atoms. The smallest absolute Gasteiger partial charge is 0.261 e. The number of thiophene rings is 1. The monoisotopic (exact) mass is 321 g/mol. The Labute approximate surface area is 134 Å². The highest BCUT2D eigenvalue weighted by Crippen LogP contribution is 2.35. The Kier molecular flexibility index (Phi) is 4.23. The van der Waals surface area contributed by atoms with Crippen molar-refractivity contribution < 1.29 is 9.90 Å². The molecule has 3 rings (SSSR count). The van der Waals surface area contributed by atoms with Gasteiger partial charge in [-0.15, -0.1) is 11.3 Å². The lowest BCUT2D eigenvalue weighted by Crippen LogP contribution is -2.36. The number of amides is 1. The highest BCUT2D eigenvalue weighted by molar-refractivity contribution is 7.20. The largest absolute Gasteiger partial charge is 0.396 e. The molecule has 2 heterocycles. The maximum atomic E-state index is 12.5. The van der Waals surface area contributed by atoms with Crippen LogP contribution in [0.5, 0.6) is 0 Å². The van der Waals surface area contributed by atoms with Crippen LogP contribution in [0.25, 0.3) is 10.2 Å². The van der Waals surface area contributed by atoms with Crippen LogP contribution in [0.4, 0.5) is 0 Å². The number of hydrogen-bond acceptors (Lipinski definition) is 4. The zero-order valence-corrected chi connectivity index (χ0v) is 14.1. The minimum Gasteiger partial charge on any atom is -0.396 e. The molecule has 2 aromatic heterocycles. The SMILES string of the molecule is CC(C)c1nn(C)c2sc(C(=O)NC(CCO)C3CC3)cc12. The van der Waals surface area contributed by atoms with Gasteiger partial charge in [0.2, 0.25) is 0 Å². The molecule has 22 heavy (non-hydrogen) atoms. The molecule has 1 saturated carbocycles. The quantitative estimate of drug-likeness (QED) is 0.859. The van der Waals surface area contributed by atoms with Crippen LogP contribution in [0.3, 0.4) is 0 Å². The Balaban J connectivity index is 1.83. The van der Waals surface area contributed by atoms with Crippen LogP contribution >= 0.6 is 11.3 Å². The van der Waals surface area contributed by atoms with Crippen LogP contribution in [0, 0.1) is 5.92 Å². The number of aliphatic hydroxyl groups excluding tert-OH is 1. The van der Waals surface area contributed by atoms with Crippen molar-refractivity contribution in [2.45, 2.75) is 45.1 Å². The summed E-state index contributed by atoms with van der Waals surface area (Å²) in [4.78, 5) is 14.3. The fourth-order valence-corrected chi connectivity index (χ4v) is 3.89. The molecule has 2 N–H and O–H groups in total. The summed E-state index contributed by atoms with van der Waals surface area (Å²) in [5.41, 5.74) is 1.04. The number of nitrogens with one attached hydrogen (secondary N) is 1. The molecule has 1 amide bonds. The van der Waals surface area contributed by atoms with Crippen molar-refractivity contribution >= 4 is 27.5 Å². The molecule has 6 heteroatoms. The van der Waals surface area contributed by atoms with Gasteiger partial charge in [0.1, 0.15) is 4.83 Å². The van der Waals surface area contributed by atoms with E-state index in [0.29, 0.717) is 18.3 Å². The molecule has 1 fully saturated rings. The molecular formula is C16H23N3O2S. The first-order valence-electron chi connectivity index (χ1n) is 7.89. The number of aromatic nitrogens is 2. The number of hydrogen-bond donors (Lipinski definition) is 2. The summed E-state index contributed by atoms with van der Waals surface area (Å²) in [5.74, 6) is 0.849. The van der Waals surface area contributed by atoms with Crippen LogP contribution < -0.4 is 5.32 Å². The van der Waals surface area contributed by atoms with Gasteiger partial charge in [-0.1, -0.05) is 13.8 Å². The van der Waals surface area contributed by atoms with Crippen LogP contribution in [-0.2, 0) is 7.05 Å². The molecule has 0 spiro atoms. The Morgan fingerprint density at radius 3 is 2.86 bits per heavy atom. The van der Waals surface area contributed by atoms with Gasteiger partial charge in [-0.3, -0.25) is 9.48 Å². The van der Waals surface area contributed by atoms with Crippen molar-refractivity contribution in [2.75, 3.05) is 6.61 Å². The first kappa shape index (κ1) is 15.5. The fourth-order valence-electron chi connectivity index (χ4n) is 2.91. The maximum absolute atomic E-state index is 12.5. The molecule has 0 aromatic carbocycles. The van der Waals surface area contributed by atoms with Crippen LogP contribution in [-0.4, -0.2) is 33.4 Å². The van der Waals surface area contributed by atoms with Gasteiger partial charge in [0, 0.05) is 25.1 Å². The van der Waals surface area contributed by atoms with Gasteiger partial charge >= 0.3 is 0 Å². The predicted octanol–water partition coefficient (Wildman–Crippen LogP) is 2.65. The van der Waals surface area contributed by atoms with Crippen molar-refractivity contribution in [3.63, 3.8) is 0 Å². The lowest BCUT2D eigenvalue weighted by molar-refractivity contribution is 0.0928. The van der Waals surface area contributed by atoms with Crippen molar-refractivity contribution in [3.8, 4) is 0 Å². The lowest BCUT2D eigenvalue weighted by atomic mass is 10.1. The summed E-state index contributed by atoms with van der Waals surface area (Å²) in [7, 11) is 1.92. The van der Waals surface area contributed by atoms with E-state index in [0.717, 1.165) is 33.6 Å². The predicted molar refractivity (Wildman–Crippen MR) is 88.4 cm³/mol. The average Bonchev–Trinajstić information content (AvgIpc) is 3.14. The van der Waals surface area contributed by atoms with E-state index in [-0.39, 0.29) is 18.6 Å². The third kappa shape index (κ3) is 2.90.